The molecule has 3 unspecified atom stereocenters. The molecule has 1 saturated heterocycles. The molecule has 2 bridgehead atoms. The van der Waals surface area contributed by atoms with Crippen LogP contribution in [-0.2, 0) is 4.74 Å². The van der Waals surface area contributed by atoms with E-state index in [9.17, 15) is 17.6 Å². The van der Waals surface area contributed by atoms with Crippen molar-refractivity contribution >= 4 is 0 Å². The Morgan fingerprint density at radius 2 is 1.86 bits per heavy atom. The van der Waals surface area contributed by atoms with Gasteiger partial charge in [-0.05, 0) is 12.3 Å². The van der Waals surface area contributed by atoms with Crippen molar-refractivity contribution in [2.45, 2.75) is 24.6 Å². The minimum atomic E-state index is -4.90. The molecule has 1 aliphatic heterocycles. The maximum absolute atomic E-state index is 13.4. The van der Waals surface area contributed by atoms with Gasteiger partial charge in [0.2, 0.25) is 0 Å². The van der Waals surface area contributed by atoms with E-state index in [4.69, 9.17) is 0 Å². The van der Waals surface area contributed by atoms with E-state index >= 15 is 0 Å². The third-order valence-corrected chi connectivity index (χ3v) is 3.51. The molecule has 5 heteroatoms. The fraction of sp³-hybridized carbons (Fsp3) is 0.778. The molecule has 0 amide bonds. The lowest BCUT2D eigenvalue weighted by atomic mass is 9.79. The van der Waals surface area contributed by atoms with Crippen molar-refractivity contribution < 1.29 is 22.3 Å². The number of halogens is 4. The lowest BCUT2D eigenvalue weighted by molar-refractivity contribution is -0.438. The molecule has 78 valence electrons. The Morgan fingerprint density at radius 3 is 2.43 bits per heavy atom. The normalized spacial score (nSPS) is 54.6. The van der Waals surface area contributed by atoms with Gasteiger partial charge in [0.1, 0.15) is 0 Å². The standard InChI is InChI=1S/C9H8F4O/c10-8(9(11,12)13)6-4-1-2-5(3-4)7(6)14-8/h1-2,4-7H,3H2/t4-,5+,6?,7?,8?/m0/s1. The van der Waals surface area contributed by atoms with Crippen LogP contribution >= 0.6 is 0 Å². The molecular weight excluding hydrogens is 200 g/mol. The summed E-state index contributed by atoms with van der Waals surface area (Å²) in [5, 5.41) is 0. The Labute approximate surface area is 77.7 Å². The second kappa shape index (κ2) is 2.15. The first kappa shape index (κ1) is 8.71. The summed E-state index contributed by atoms with van der Waals surface area (Å²) >= 11 is 0. The lowest BCUT2D eigenvalue weighted by Crippen LogP contribution is -2.66. The summed E-state index contributed by atoms with van der Waals surface area (Å²) in [6.45, 7) is 0. The van der Waals surface area contributed by atoms with Crippen molar-refractivity contribution in [2.24, 2.45) is 17.8 Å². The van der Waals surface area contributed by atoms with Crippen molar-refractivity contribution in [3.63, 3.8) is 0 Å². The number of hydrogen-bond acceptors (Lipinski definition) is 1. The van der Waals surface area contributed by atoms with Gasteiger partial charge in [0.25, 0.3) is 0 Å². The summed E-state index contributed by atoms with van der Waals surface area (Å²) < 4.78 is 54.8. The first-order valence-electron chi connectivity index (χ1n) is 4.55. The quantitative estimate of drug-likeness (QED) is 0.439. The van der Waals surface area contributed by atoms with Gasteiger partial charge in [-0.3, -0.25) is 0 Å². The largest absolute Gasteiger partial charge is 0.448 e. The summed E-state index contributed by atoms with van der Waals surface area (Å²) in [4.78, 5) is 0. The molecule has 14 heavy (non-hydrogen) atoms. The zero-order valence-electron chi connectivity index (χ0n) is 7.09. The molecule has 2 fully saturated rings. The van der Waals surface area contributed by atoms with Crippen molar-refractivity contribution in [3.05, 3.63) is 12.2 Å². The molecule has 5 atom stereocenters. The van der Waals surface area contributed by atoms with E-state index in [1.807, 2.05) is 6.08 Å². The van der Waals surface area contributed by atoms with Crippen LogP contribution < -0.4 is 0 Å². The average molecular weight is 208 g/mol. The highest BCUT2D eigenvalue weighted by Gasteiger charge is 2.77. The summed E-state index contributed by atoms with van der Waals surface area (Å²) in [6, 6.07) is 0. The van der Waals surface area contributed by atoms with Crippen LogP contribution in [0, 0.1) is 17.8 Å². The van der Waals surface area contributed by atoms with Crippen LogP contribution in [0.3, 0.4) is 0 Å². The van der Waals surface area contributed by atoms with E-state index in [0.717, 1.165) is 0 Å². The maximum Gasteiger partial charge on any atom is 0.448 e. The van der Waals surface area contributed by atoms with E-state index in [1.165, 1.54) is 0 Å². The minimum absolute atomic E-state index is 0.00350. The number of rotatable bonds is 0. The van der Waals surface area contributed by atoms with Crippen LogP contribution in [0.2, 0.25) is 0 Å². The fourth-order valence-corrected chi connectivity index (χ4v) is 2.88. The SMILES string of the molecule is FC(F)(F)C1(F)OC2C1[C@H]1C=C[C@@H]2C1. The second-order valence-electron chi connectivity index (χ2n) is 4.20. The number of fused-ring (bicyclic) bond motifs is 5. The van der Waals surface area contributed by atoms with Gasteiger partial charge in [-0.2, -0.15) is 13.2 Å². The number of allylic oxidation sites excluding steroid dienone is 1. The molecule has 0 radical (unpaired) electrons. The second-order valence-corrected chi connectivity index (χ2v) is 4.20. The van der Waals surface area contributed by atoms with E-state index in [2.05, 4.69) is 4.74 Å². The highest BCUT2D eigenvalue weighted by atomic mass is 19.4. The van der Waals surface area contributed by atoms with Crippen LogP contribution in [0.4, 0.5) is 17.6 Å². The first-order chi connectivity index (χ1) is 6.43. The topological polar surface area (TPSA) is 9.23 Å². The molecule has 1 heterocycles. The number of alkyl halides is 4. The van der Waals surface area contributed by atoms with Crippen LogP contribution in [0.5, 0.6) is 0 Å². The highest BCUT2D eigenvalue weighted by Crippen LogP contribution is 2.63. The van der Waals surface area contributed by atoms with Gasteiger partial charge in [0.05, 0.1) is 12.0 Å². The fourth-order valence-electron chi connectivity index (χ4n) is 2.88. The van der Waals surface area contributed by atoms with Crippen molar-refractivity contribution in [1.29, 1.82) is 0 Å². The Bertz CT molecular complexity index is 310. The molecule has 3 aliphatic rings. The van der Waals surface area contributed by atoms with Crippen molar-refractivity contribution in [3.8, 4) is 0 Å². The van der Waals surface area contributed by atoms with E-state index in [1.54, 1.807) is 6.08 Å². The Kier molecular flexibility index (Phi) is 1.34. The van der Waals surface area contributed by atoms with E-state index in [0.29, 0.717) is 6.42 Å². The number of hydrogen-bond donors (Lipinski definition) is 0. The van der Waals surface area contributed by atoms with Gasteiger partial charge in [0, 0.05) is 5.92 Å². The Balaban J connectivity index is 1.92. The molecule has 2 aliphatic carbocycles. The summed E-state index contributed by atoms with van der Waals surface area (Å²) in [7, 11) is 0. The zero-order chi connectivity index (χ0) is 10.1. The third-order valence-electron chi connectivity index (χ3n) is 3.51. The van der Waals surface area contributed by atoms with Crippen molar-refractivity contribution in [1.82, 2.24) is 0 Å². The Morgan fingerprint density at radius 1 is 1.21 bits per heavy atom. The lowest BCUT2D eigenvalue weighted by Gasteiger charge is -2.50. The van der Waals surface area contributed by atoms with Crippen LogP contribution in [0.15, 0.2) is 12.2 Å². The maximum atomic E-state index is 13.4. The molecule has 0 spiro atoms. The minimum Gasteiger partial charge on any atom is -0.334 e. The predicted molar refractivity (Wildman–Crippen MR) is 39.0 cm³/mol. The smallest absolute Gasteiger partial charge is 0.334 e. The Hall–Kier alpha value is -0.580. The third kappa shape index (κ3) is 0.759. The van der Waals surface area contributed by atoms with Gasteiger partial charge in [-0.25, -0.2) is 4.39 Å². The van der Waals surface area contributed by atoms with Crippen LogP contribution in [0.1, 0.15) is 6.42 Å². The van der Waals surface area contributed by atoms with Gasteiger partial charge in [-0.15, -0.1) is 0 Å². The molecule has 1 nitrogen and oxygen atoms in total. The van der Waals surface area contributed by atoms with Gasteiger partial charge >= 0.3 is 12.0 Å². The average Bonchev–Trinajstić information content (AvgIpc) is 2.55. The molecule has 3 rings (SSSR count). The summed E-state index contributed by atoms with van der Waals surface area (Å²) in [5.41, 5.74) is 0. The summed E-state index contributed by atoms with van der Waals surface area (Å²) in [6.07, 6.45) is -1.31. The van der Waals surface area contributed by atoms with Gasteiger partial charge in [-0.1, -0.05) is 12.2 Å². The highest BCUT2D eigenvalue weighted by molar-refractivity contribution is 5.22. The van der Waals surface area contributed by atoms with Gasteiger partial charge < -0.3 is 4.74 Å². The molecule has 0 N–H and O–H groups in total. The zero-order valence-corrected chi connectivity index (χ0v) is 7.09. The van der Waals surface area contributed by atoms with E-state index < -0.39 is 24.1 Å². The number of ether oxygens (including phenoxy) is 1. The molecule has 0 aromatic rings. The molecular formula is C9H8F4O. The first-order valence-corrected chi connectivity index (χ1v) is 4.55. The molecule has 0 aromatic carbocycles. The monoisotopic (exact) mass is 208 g/mol. The van der Waals surface area contributed by atoms with Crippen LogP contribution in [0.25, 0.3) is 0 Å². The van der Waals surface area contributed by atoms with E-state index in [-0.39, 0.29) is 11.8 Å². The summed E-state index contributed by atoms with van der Waals surface area (Å²) in [5.74, 6) is -4.68. The predicted octanol–water partition coefficient (Wildman–Crippen LogP) is 2.44. The van der Waals surface area contributed by atoms with Gasteiger partial charge in [0.15, 0.2) is 0 Å². The van der Waals surface area contributed by atoms with Crippen molar-refractivity contribution in [2.75, 3.05) is 0 Å². The molecule has 1 saturated carbocycles. The molecule has 0 aromatic heterocycles. The van der Waals surface area contributed by atoms with Crippen LogP contribution in [-0.4, -0.2) is 18.1 Å².